The molecule has 1 unspecified atom stereocenters. The molecule has 118 valence electrons. The Morgan fingerprint density at radius 3 is 2.52 bits per heavy atom. The Morgan fingerprint density at radius 1 is 1.29 bits per heavy atom. The second-order valence-corrected chi connectivity index (χ2v) is 9.42. The highest BCUT2D eigenvalue weighted by molar-refractivity contribution is 8.15. The lowest BCUT2D eigenvalue weighted by atomic mass is 10.4. The predicted octanol–water partition coefficient (Wildman–Crippen LogP) is 5.14. The Hall–Kier alpha value is 0.0200. The fourth-order valence-electron chi connectivity index (χ4n) is 1.27. The lowest BCUT2D eigenvalue weighted by Gasteiger charge is -2.11. The van der Waals surface area contributed by atoms with Crippen LogP contribution in [0.1, 0.15) is 40.0 Å². The van der Waals surface area contributed by atoms with Gasteiger partial charge in [0, 0.05) is 16.8 Å². The SMILES string of the molecule is C=C(C)C(=O)SC(CC)CSc1nnc(SCCCC)s1. The van der Waals surface area contributed by atoms with Crippen molar-refractivity contribution in [1.82, 2.24) is 10.2 Å². The van der Waals surface area contributed by atoms with E-state index >= 15 is 0 Å². The highest BCUT2D eigenvalue weighted by Crippen LogP contribution is 2.32. The van der Waals surface area contributed by atoms with Crippen molar-refractivity contribution in [2.45, 2.75) is 54.0 Å². The standard InChI is InChI=1S/C14H22N2OS4/c1-5-7-8-18-13-15-16-14(21-13)19-9-11(6-2)20-12(17)10(3)4/h11H,3,5-9H2,1-2,4H3. The van der Waals surface area contributed by atoms with E-state index in [-0.39, 0.29) is 5.12 Å². The second-order valence-electron chi connectivity index (χ2n) is 4.56. The first-order valence-electron chi connectivity index (χ1n) is 7.02. The number of hydrogen-bond acceptors (Lipinski definition) is 7. The first kappa shape index (κ1) is 19.1. The van der Waals surface area contributed by atoms with Gasteiger partial charge in [-0.3, -0.25) is 4.79 Å². The van der Waals surface area contributed by atoms with Crippen molar-refractivity contribution in [1.29, 1.82) is 0 Å². The van der Waals surface area contributed by atoms with E-state index in [9.17, 15) is 4.79 Å². The Bertz CT molecular complexity index is 462. The summed E-state index contributed by atoms with van der Waals surface area (Å²) in [7, 11) is 0. The van der Waals surface area contributed by atoms with E-state index in [0.717, 1.165) is 26.6 Å². The van der Waals surface area contributed by atoms with Crippen molar-refractivity contribution in [3.05, 3.63) is 12.2 Å². The van der Waals surface area contributed by atoms with Gasteiger partial charge in [-0.1, -0.05) is 73.5 Å². The third kappa shape index (κ3) is 7.72. The Balaban J connectivity index is 2.38. The van der Waals surface area contributed by atoms with Gasteiger partial charge >= 0.3 is 0 Å². The summed E-state index contributed by atoms with van der Waals surface area (Å²) < 4.78 is 2.04. The number of thioether (sulfide) groups is 3. The van der Waals surface area contributed by atoms with Crippen LogP contribution in [0.2, 0.25) is 0 Å². The van der Waals surface area contributed by atoms with E-state index in [1.54, 1.807) is 41.8 Å². The second kappa shape index (κ2) is 10.7. The quantitative estimate of drug-likeness (QED) is 0.326. The minimum atomic E-state index is 0.0931. The fraction of sp³-hybridized carbons (Fsp3) is 0.643. The molecule has 0 radical (unpaired) electrons. The van der Waals surface area contributed by atoms with Crippen molar-refractivity contribution in [2.24, 2.45) is 0 Å². The van der Waals surface area contributed by atoms with Gasteiger partial charge in [0.1, 0.15) is 0 Å². The van der Waals surface area contributed by atoms with Crippen molar-refractivity contribution in [2.75, 3.05) is 11.5 Å². The van der Waals surface area contributed by atoms with E-state index in [4.69, 9.17) is 0 Å². The number of unbranched alkanes of at least 4 members (excludes halogenated alkanes) is 1. The van der Waals surface area contributed by atoms with E-state index in [2.05, 4.69) is 30.6 Å². The topological polar surface area (TPSA) is 42.9 Å². The van der Waals surface area contributed by atoms with Gasteiger partial charge in [0.15, 0.2) is 8.68 Å². The van der Waals surface area contributed by atoms with Crippen LogP contribution in [0.5, 0.6) is 0 Å². The van der Waals surface area contributed by atoms with Gasteiger partial charge < -0.3 is 0 Å². The third-order valence-corrected chi connectivity index (χ3v) is 7.63. The van der Waals surface area contributed by atoms with Gasteiger partial charge in [-0.2, -0.15) is 0 Å². The summed E-state index contributed by atoms with van der Waals surface area (Å²) in [5.41, 5.74) is 0.619. The Kier molecular flexibility index (Phi) is 9.71. The van der Waals surface area contributed by atoms with E-state index in [0.29, 0.717) is 10.8 Å². The number of aromatic nitrogens is 2. The number of nitrogens with zero attached hydrogens (tertiary/aromatic N) is 2. The van der Waals surface area contributed by atoms with Gasteiger partial charge in [0.05, 0.1) is 0 Å². The van der Waals surface area contributed by atoms with Crippen LogP contribution >= 0.6 is 46.6 Å². The largest absolute Gasteiger partial charge is 0.282 e. The molecule has 0 saturated carbocycles. The molecule has 1 atom stereocenters. The van der Waals surface area contributed by atoms with E-state index < -0.39 is 0 Å². The molecule has 7 heteroatoms. The van der Waals surface area contributed by atoms with Gasteiger partial charge in [0.25, 0.3) is 0 Å². The molecule has 0 aliphatic carbocycles. The van der Waals surface area contributed by atoms with Crippen LogP contribution in [0.4, 0.5) is 0 Å². The van der Waals surface area contributed by atoms with Crippen LogP contribution in [0, 0.1) is 0 Å². The molecule has 1 aromatic rings. The van der Waals surface area contributed by atoms with Crippen LogP contribution in [-0.2, 0) is 4.79 Å². The molecular formula is C14H22N2OS4. The first-order chi connectivity index (χ1) is 10.1. The molecule has 0 aliphatic heterocycles. The monoisotopic (exact) mass is 362 g/mol. The zero-order valence-corrected chi connectivity index (χ0v) is 16.0. The molecule has 1 aromatic heterocycles. The van der Waals surface area contributed by atoms with Crippen molar-refractivity contribution in [3.8, 4) is 0 Å². The van der Waals surface area contributed by atoms with Gasteiger partial charge in [-0.15, -0.1) is 10.2 Å². The Morgan fingerprint density at radius 2 is 1.95 bits per heavy atom. The number of carbonyl (C=O) groups excluding carboxylic acids is 1. The van der Waals surface area contributed by atoms with Gasteiger partial charge in [0.2, 0.25) is 5.12 Å². The lowest BCUT2D eigenvalue weighted by molar-refractivity contribution is -0.107. The minimum Gasteiger partial charge on any atom is -0.282 e. The molecule has 0 bridgehead atoms. The summed E-state index contributed by atoms with van der Waals surface area (Å²) in [5.74, 6) is 1.99. The molecule has 1 rings (SSSR count). The minimum absolute atomic E-state index is 0.0931. The van der Waals surface area contributed by atoms with Gasteiger partial charge in [-0.25, -0.2) is 0 Å². The van der Waals surface area contributed by atoms with Crippen LogP contribution in [0.3, 0.4) is 0 Å². The molecule has 0 saturated heterocycles. The summed E-state index contributed by atoms with van der Waals surface area (Å²) in [6, 6.07) is 0. The average molecular weight is 363 g/mol. The van der Waals surface area contributed by atoms with Crippen molar-refractivity contribution in [3.63, 3.8) is 0 Å². The molecule has 0 aromatic carbocycles. The van der Waals surface area contributed by atoms with E-state index in [1.807, 2.05) is 0 Å². The summed E-state index contributed by atoms with van der Waals surface area (Å²) in [6.07, 6.45) is 3.39. The van der Waals surface area contributed by atoms with Crippen molar-refractivity contribution >= 4 is 51.7 Å². The summed E-state index contributed by atoms with van der Waals surface area (Å²) in [5, 5.41) is 8.82. The molecule has 21 heavy (non-hydrogen) atoms. The fourth-order valence-corrected chi connectivity index (χ4v) is 5.65. The maximum atomic E-state index is 11.7. The molecule has 3 nitrogen and oxygen atoms in total. The summed E-state index contributed by atoms with van der Waals surface area (Å²) in [6.45, 7) is 9.76. The van der Waals surface area contributed by atoms with Crippen LogP contribution in [-0.4, -0.2) is 32.1 Å². The molecule has 0 N–H and O–H groups in total. The molecule has 1 heterocycles. The molecule has 0 fully saturated rings. The van der Waals surface area contributed by atoms with Gasteiger partial charge in [-0.05, 0) is 25.3 Å². The zero-order valence-electron chi connectivity index (χ0n) is 12.8. The number of rotatable bonds is 10. The molecule has 0 spiro atoms. The lowest BCUT2D eigenvalue weighted by Crippen LogP contribution is -2.09. The average Bonchev–Trinajstić information content (AvgIpc) is 2.91. The normalized spacial score (nSPS) is 12.3. The Labute approximate surface area is 144 Å². The summed E-state index contributed by atoms with van der Waals surface area (Å²) in [4.78, 5) is 11.7. The van der Waals surface area contributed by atoms with Crippen LogP contribution in [0.15, 0.2) is 20.8 Å². The number of carbonyl (C=O) groups is 1. The van der Waals surface area contributed by atoms with Crippen LogP contribution < -0.4 is 0 Å². The predicted molar refractivity (Wildman–Crippen MR) is 97.8 cm³/mol. The highest BCUT2D eigenvalue weighted by Gasteiger charge is 2.15. The van der Waals surface area contributed by atoms with E-state index in [1.165, 1.54) is 24.6 Å². The molecule has 0 amide bonds. The first-order valence-corrected chi connectivity index (χ1v) is 10.7. The number of hydrogen-bond donors (Lipinski definition) is 0. The smallest absolute Gasteiger partial charge is 0.214 e. The maximum absolute atomic E-state index is 11.7. The highest BCUT2D eigenvalue weighted by atomic mass is 32.2. The van der Waals surface area contributed by atoms with Crippen LogP contribution in [0.25, 0.3) is 0 Å². The zero-order chi connectivity index (χ0) is 15.7. The molecule has 0 aliphatic rings. The molecular weight excluding hydrogens is 340 g/mol. The van der Waals surface area contributed by atoms with Crippen molar-refractivity contribution < 1.29 is 4.79 Å². The third-order valence-electron chi connectivity index (χ3n) is 2.58. The summed E-state index contributed by atoms with van der Waals surface area (Å²) >= 11 is 6.52. The maximum Gasteiger partial charge on any atom is 0.214 e.